The van der Waals surface area contributed by atoms with Crippen LogP contribution >= 0.6 is 27.5 Å². The fraction of sp³-hybridized carbons (Fsp3) is 0.417. The molecule has 0 N–H and O–H groups in total. The van der Waals surface area contributed by atoms with E-state index in [4.69, 9.17) is 11.6 Å². The number of carbonyl (C=O) groups excluding carboxylic acids is 1. The van der Waals surface area contributed by atoms with Crippen molar-refractivity contribution >= 4 is 33.4 Å². The van der Waals surface area contributed by atoms with E-state index < -0.39 is 0 Å². The van der Waals surface area contributed by atoms with Crippen LogP contribution in [0.15, 0.2) is 22.7 Å². The van der Waals surface area contributed by atoms with E-state index in [9.17, 15) is 4.79 Å². The molecule has 1 amide bonds. The van der Waals surface area contributed by atoms with Gasteiger partial charge in [-0.15, -0.1) is 0 Å². The zero-order valence-corrected chi connectivity index (χ0v) is 11.8. The lowest BCUT2D eigenvalue weighted by atomic mass is 10.2. The molecule has 0 unspecified atom stereocenters. The van der Waals surface area contributed by atoms with E-state index in [1.54, 1.807) is 11.0 Å². The normalized spacial score (nSPS) is 10.2. The monoisotopic (exact) mass is 303 g/mol. The van der Waals surface area contributed by atoms with Crippen molar-refractivity contribution in [2.24, 2.45) is 0 Å². The molecular weight excluding hydrogens is 289 g/mol. The van der Waals surface area contributed by atoms with Gasteiger partial charge in [0.15, 0.2) is 0 Å². The highest BCUT2D eigenvalue weighted by Crippen LogP contribution is 2.26. The third-order valence-corrected chi connectivity index (χ3v) is 3.64. The van der Waals surface area contributed by atoms with Gasteiger partial charge in [-0.1, -0.05) is 24.6 Å². The van der Waals surface area contributed by atoms with E-state index in [1.165, 1.54) is 0 Å². The van der Waals surface area contributed by atoms with Gasteiger partial charge >= 0.3 is 0 Å². The van der Waals surface area contributed by atoms with E-state index in [0.29, 0.717) is 17.1 Å². The second-order valence-electron chi connectivity index (χ2n) is 3.49. The minimum absolute atomic E-state index is 0.00403. The van der Waals surface area contributed by atoms with Crippen molar-refractivity contribution in [3.05, 3.63) is 33.3 Å². The molecule has 0 heterocycles. The number of halogens is 2. The Hall–Kier alpha value is -0.540. The molecule has 0 saturated carbocycles. The van der Waals surface area contributed by atoms with Gasteiger partial charge in [0.05, 0.1) is 10.6 Å². The lowest BCUT2D eigenvalue weighted by Gasteiger charge is -2.20. The number of rotatable bonds is 4. The summed E-state index contributed by atoms with van der Waals surface area (Å²) in [5.41, 5.74) is 0.561. The molecule has 4 heteroatoms. The molecule has 0 fully saturated rings. The van der Waals surface area contributed by atoms with Crippen LogP contribution in [0.2, 0.25) is 5.02 Å². The molecule has 1 rings (SSSR count). The largest absolute Gasteiger partial charge is 0.339 e. The molecule has 0 saturated heterocycles. The molecule has 0 aromatic heterocycles. The molecule has 88 valence electrons. The minimum Gasteiger partial charge on any atom is -0.339 e. The van der Waals surface area contributed by atoms with Crippen LogP contribution in [0.1, 0.15) is 30.6 Å². The maximum absolute atomic E-state index is 12.2. The maximum Gasteiger partial charge on any atom is 0.255 e. The van der Waals surface area contributed by atoms with Gasteiger partial charge in [0.25, 0.3) is 5.91 Å². The van der Waals surface area contributed by atoms with Crippen molar-refractivity contribution in [3.8, 4) is 0 Å². The Labute approximate surface area is 110 Å². The van der Waals surface area contributed by atoms with Crippen molar-refractivity contribution in [1.29, 1.82) is 0 Å². The number of nitrogens with zero attached hydrogens (tertiary/aromatic N) is 1. The SMILES string of the molecule is CCCN(CC)C(=O)c1cccc(Br)c1Cl. The van der Waals surface area contributed by atoms with Crippen LogP contribution < -0.4 is 0 Å². The molecule has 0 spiro atoms. The van der Waals surface area contributed by atoms with Gasteiger partial charge in [-0.05, 0) is 41.4 Å². The van der Waals surface area contributed by atoms with E-state index in [1.807, 2.05) is 19.1 Å². The van der Waals surface area contributed by atoms with E-state index in [0.717, 1.165) is 17.4 Å². The minimum atomic E-state index is -0.00403. The van der Waals surface area contributed by atoms with Crippen LogP contribution in [0.3, 0.4) is 0 Å². The van der Waals surface area contributed by atoms with Gasteiger partial charge in [0, 0.05) is 17.6 Å². The highest BCUT2D eigenvalue weighted by Gasteiger charge is 2.17. The molecule has 0 atom stereocenters. The van der Waals surface area contributed by atoms with Crippen LogP contribution in [0.4, 0.5) is 0 Å². The Morgan fingerprint density at radius 2 is 2.12 bits per heavy atom. The molecule has 0 aliphatic carbocycles. The first-order valence-corrected chi connectivity index (χ1v) is 6.52. The summed E-state index contributed by atoms with van der Waals surface area (Å²) in [5.74, 6) is -0.00403. The highest BCUT2D eigenvalue weighted by molar-refractivity contribution is 9.10. The summed E-state index contributed by atoms with van der Waals surface area (Å²) in [4.78, 5) is 14.0. The van der Waals surface area contributed by atoms with Crippen molar-refractivity contribution in [2.75, 3.05) is 13.1 Å². The van der Waals surface area contributed by atoms with E-state index >= 15 is 0 Å². The molecule has 2 nitrogen and oxygen atoms in total. The second kappa shape index (κ2) is 6.26. The maximum atomic E-state index is 12.2. The Balaban J connectivity index is 2.99. The number of hydrogen-bond acceptors (Lipinski definition) is 1. The van der Waals surface area contributed by atoms with Gasteiger partial charge in [0.2, 0.25) is 0 Å². The van der Waals surface area contributed by atoms with Crippen molar-refractivity contribution in [3.63, 3.8) is 0 Å². The number of benzene rings is 1. The van der Waals surface area contributed by atoms with Crippen molar-refractivity contribution in [2.45, 2.75) is 20.3 Å². The summed E-state index contributed by atoms with van der Waals surface area (Å²) in [5, 5.41) is 0.488. The fourth-order valence-corrected chi connectivity index (χ4v) is 2.09. The van der Waals surface area contributed by atoms with Crippen molar-refractivity contribution in [1.82, 2.24) is 4.90 Å². The van der Waals surface area contributed by atoms with Crippen molar-refractivity contribution < 1.29 is 4.79 Å². The molecule has 16 heavy (non-hydrogen) atoms. The zero-order chi connectivity index (χ0) is 12.1. The average molecular weight is 305 g/mol. The summed E-state index contributed by atoms with van der Waals surface area (Å²) >= 11 is 9.42. The number of amides is 1. The van der Waals surface area contributed by atoms with Crippen LogP contribution in [0, 0.1) is 0 Å². The molecule has 0 aliphatic heterocycles. The van der Waals surface area contributed by atoms with E-state index in [2.05, 4.69) is 22.9 Å². The predicted molar refractivity (Wildman–Crippen MR) is 71.0 cm³/mol. The number of carbonyl (C=O) groups is 1. The van der Waals surface area contributed by atoms with Gasteiger partial charge in [-0.25, -0.2) is 0 Å². The highest BCUT2D eigenvalue weighted by atomic mass is 79.9. The standard InChI is InChI=1S/C12H15BrClNO/c1-3-8-15(4-2)12(16)9-6-5-7-10(13)11(9)14/h5-7H,3-4,8H2,1-2H3. The molecule has 0 aliphatic rings. The summed E-state index contributed by atoms with van der Waals surface area (Å²) in [7, 11) is 0. The summed E-state index contributed by atoms with van der Waals surface area (Å²) in [6, 6.07) is 5.41. The Morgan fingerprint density at radius 3 is 2.69 bits per heavy atom. The molecular formula is C12H15BrClNO. The van der Waals surface area contributed by atoms with Crippen LogP contribution in [0.5, 0.6) is 0 Å². The Morgan fingerprint density at radius 1 is 1.44 bits per heavy atom. The molecule has 1 aromatic carbocycles. The molecule has 0 bridgehead atoms. The average Bonchev–Trinajstić information content (AvgIpc) is 2.29. The lowest BCUT2D eigenvalue weighted by molar-refractivity contribution is 0.0764. The summed E-state index contributed by atoms with van der Waals surface area (Å²) in [6.45, 7) is 5.49. The smallest absolute Gasteiger partial charge is 0.255 e. The Bertz CT molecular complexity index is 381. The van der Waals surface area contributed by atoms with Crippen LogP contribution in [-0.2, 0) is 0 Å². The first kappa shape index (κ1) is 13.5. The molecule has 1 aromatic rings. The Kier molecular flexibility index (Phi) is 5.29. The van der Waals surface area contributed by atoms with Crippen LogP contribution in [-0.4, -0.2) is 23.9 Å². The summed E-state index contributed by atoms with van der Waals surface area (Å²) in [6.07, 6.45) is 0.950. The van der Waals surface area contributed by atoms with Gasteiger partial charge in [-0.3, -0.25) is 4.79 Å². The lowest BCUT2D eigenvalue weighted by Crippen LogP contribution is -2.31. The third kappa shape index (κ3) is 2.98. The fourth-order valence-electron chi connectivity index (χ4n) is 1.51. The number of hydrogen-bond donors (Lipinski definition) is 0. The quantitative estimate of drug-likeness (QED) is 0.824. The second-order valence-corrected chi connectivity index (χ2v) is 4.72. The third-order valence-electron chi connectivity index (χ3n) is 2.34. The van der Waals surface area contributed by atoms with Gasteiger partial charge < -0.3 is 4.90 Å². The van der Waals surface area contributed by atoms with E-state index in [-0.39, 0.29) is 5.91 Å². The molecule has 0 radical (unpaired) electrons. The summed E-state index contributed by atoms with van der Waals surface area (Å²) < 4.78 is 0.757. The topological polar surface area (TPSA) is 20.3 Å². The van der Waals surface area contributed by atoms with Crippen LogP contribution in [0.25, 0.3) is 0 Å². The first-order chi connectivity index (χ1) is 7.61. The van der Waals surface area contributed by atoms with Gasteiger partial charge in [-0.2, -0.15) is 0 Å². The zero-order valence-electron chi connectivity index (χ0n) is 9.46. The van der Waals surface area contributed by atoms with Gasteiger partial charge in [0.1, 0.15) is 0 Å². The first-order valence-electron chi connectivity index (χ1n) is 5.35. The predicted octanol–water partition coefficient (Wildman–Crippen LogP) is 3.97.